The molecule has 2 atom stereocenters. The van der Waals surface area contributed by atoms with Crippen LogP contribution in [-0.2, 0) is 4.79 Å². The van der Waals surface area contributed by atoms with Crippen molar-refractivity contribution in [3.63, 3.8) is 0 Å². The Bertz CT molecular complexity index is 737. The fraction of sp³-hybridized carbons (Fsp3) is 0.316. The van der Waals surface area contributed by atoms with Gasteiger partial charge in [-0.2, -0.15) is 0 Å². The summed E-state index contributed by atoms with van der Waals surface area (Å²) in [5, 5.41) is 9.63. The van der Waals surface area contributed by atoms with E-state index in [4.69, 9.17) is 0 Å². The average Bonchev–Trinajstić information content (AvgIpc) is 2.57. The number of hydrogen-bond donors (Lipinski definition) is 1. The minimum absolute atomic E-state index is 0.308. The van der Waals surface area contributed by atoms with Crippen molar-refractivity contribution in [2.45, 2.75) is 31.3 Å². The lowest BCUT2D eigenvalue weighted by Crippen LogP contribution is -2.47. The summed E-state index contributed by atoms with van der Waals surface area (Å²) in [5.41, 5.74) is 1.41. The van der Waals surface area contributed by atoms with E-state index in [1.54, 1.807) is 18.2 Å². The van der Waals surface area contributed by atoms with Crippen molar-refractivity contribution in [1.82, 2.24) is 4.90 Å². The summed E-state index contributed by atoms with van der Waals surface area (Å²) in [4.78, 5) is 13.7. The number of likely N-dealkylation sites (tertiary alicyclic amines) is 1. The van der Waals surface area contributed by atoms with E-state index in [2.05, 4.69) is 15.9 Å². The first-order valence-corrected chi connectivity index (χ1v) is 8.85. The highest BCUT2D eigenvalue weighted by Crippen LogP contribution is 2.36. The monoisotopic (exact) mass is 391 g/mol. The highest BCUT2D eigenvalue weighted by atomic mass is 79.9. The second-order valence-corrected chi connectivity index (χ2v) is 6.98. The Kier molecular flexibility index (Phi) is 5.31. The minimum Gasteiger partial charge on any atom is -0.480 e. The third kappa shape index (κ3) is 3.52. The number of aliphatic carboxylic acids is 1. The second-order valence-electron chi connectivity index (χ2n) is 6.07. The quantitative estimate of drug-likeness (QED) is 0.826. The van der Waals surface area contributed by atoms with Crippen molar-refractivity contribution < 1.29 is 14.3 Å². The van der Waals surface area contributed by atoms with Gasteiger partial charge in [-0.3, -0.25) is 9.69 Å². The second kappa shape index (κ2) is 7.45. The molecule has 3 nitrogen and oxygen atoms in total. The molecule has 0 spiro atoms. The number of nitrogens with zero attached hydrogens (tertiary/aromatic N) is 1. The maximum absolute atomic E-state index is 14.5. The van der Waals surface area contributed by atoms with Crippen molar-refractivity contribution >= 4 is 21.9 Å². The summed E-state index contributed by atoms with van der Waals surface area (Å²) in [6.45, 7) is 0.641. The molecule has 24 heavy (non-hydrogen) atoms. The molecule has 3 rings (SSSR count). The van der Waals surface area contributed by atoms with Gasteiger partial charge in [0, 0.05) is 10.0 Å². The molecular formula is C19H19BrFNO2. The minimum atomic E-state index is -0.842. The highest BCUT2D eigenvalue weighted by Gasteiger charge is 2.36. The SMILES string of the molecule is O=C(O)C1CCCCN1C(c1cccc(Br)c1)c1ccccc1F. The molecule has 0 radical (unpaired) electrons. The van der Waals surface area contributed by atoms with E-state index >= 15 is 0 Å². The molecule has 0 bridgehead atoms. The predicted octanol–water partition coefficient (Wildman–Crippen LogP) is 4.62. The molecule has 5 heteroatoms. The van der Waals surface area contributed by atoms with Crippen LogP contribution in [0, 0.1) is 5.82 Å². The Hall–Kier alpha value is -1.72. The van der Waals surface area contributed by atoms with Crippen LogP contribution in [0.25, 0.3) is 0 Å². The lowest BCUT2D eigenvalue weighted by Gasteiger charge is -2.39. The lowest BCUT2D eigenvalue weighted by molar-refractivity contribution is -0.145. The summed E-state index contributed by atoms with van der Waals surface area (Å²) in [6.07, 6.45) is 2.40. The lowest BCUT2D eigenvalue weighted by atomic mass is 9.91. The summed E-state index contributed by atoms with van der Waals surface area (Å²) < 4.78 is 15.4. The summed E-state index contributed by atoms with van der Waals surface area (Å²) in [6, 6.07) is 13.3. The maximum atomic E-state index is 14.5. The van der Waals surface area contributed by atoms with Gasteiger partial charge in [0.15, 0.2) is 0 Å². The molecule has 1 aliphatic heterocycles. The van der Waals surface area contributed by atoms with Crippen LogP contribution in [0.3, 0.4) is 0 Å². The van der Waals surface area contributed by atoms with E-state index in [1.165, 1.54) is 6.07 Å². The van der Waals surface area contributed by atoms with Gasteiger partial charge in [0.2, 0.25) is 0 Å². The standard InChI is InChI=1S/C19H19BrFNO2/c20-14-7-5-6-13(12-14)18(15-8-1-2-9-16(15)21)22-11-4-3-10-17(22)19(23)24/h1-2,5-9,12,17-18H,3-4,10-11H2,(H,23,24). The number of halogens is 2. The Labute approximate surface area is 149 Å². The van der Waals surface area contributed by atoms with Gasteiger partial charge >= 0.3 is 5.97 Å². The number of benzene rings is 2. The van der Waals surface area contributed by atoms with E-state index in [-0.39, 0.29) is 5.82 Å². The van der Waals surface area contributed by atoms with Gasteiger partial charge in [-0.05, 0) is 43.1 Å². The zero-order valence-corrected chi connectivity index (χ0v) is 14.7. The fourth-order valence-electron chi connectivity index (χ4n) is 3.45. The van der Waals surface area contributed by atoms with Gasteiger partial charge in [0.1, 0.15) is 11.9 Å². The van der Waals surface area contributed by atoms with Gasteiger partial charge in [0.25, 0.3) is 0 Å². The normalized spacial score (nSPS) is 19.8. The van der Waals surface area contributed by atoms with Crippen LogP contribution in [0.5, 0.6) is 0 Å². The van der Waals surface area contributed by atoms with Crippen LogP contribution in [-0.4, -0.2) is 28.6 Å². The van der Waals surface area contributed by atoms with Crippen molar-refractivity contribution in [3.8, 4) is 0 Å². The van der Waals surface area contributed by atoms with E-state index in [9.17, 15) is 14.3 Å². The van der Waals surface area contributed by atoms with E-state index in [1.807, 2.05) is 29.2 Å². The molecule has 1 heterocycles. The van der Waals surface area contributed by atoms with Crippen molar-refractivity contribution in [2.75, 3.05) is 6.54 Å². The van der Waals surface area contributed by atoms with Gasteiger partial charge < -0.3 is 5.11 Å². The number of carboxylic acids is 1. The Morgan fingerprint density at radius 2 is 2.00 bits per heavy atom. The van der Waals surface area contributed by atoms with E-state index < -0.39 is 18.1 Å². The largest absolute Gasteiger partial charge is 0.480 e. The molecule has 126 valence electrons. The van der Waals surface area contributed by atoms with Gasteiger partial charge in [-0.25, -0.2) is 4.39 Å². The number of hydrogen-bond acceptors (Lipinski definition) is 2. The molecule has 2 aromatic rings. The molecule has 2 unspecified atom stereocenters. The smallest absolute Gasteiger partial charge is 0.320 e. The van der Waals surface area contributed by atoms with Gasteiger partial charge in [-0.15, -0.1) is 0 Å². The zero-order chi connectivity index (χ0) is 17.1. The third-order valence-corrected chi connectivity index (χ3v) is 5.02. The van der Waals surface area contributed by atoms with E-state index in [0.717, 1.165) is 22.9 Å². The first-order valence-electron chi connectivity index (χ1n) is 8.06. The van der Waals surface area contributed by atoms with Crippen LogP contribution in [0.15, 0.2) is 53.0 Å². The van der Waals surface area contributed by atoms with E-state index in [0.29, 0.717) is 18.5 Å². The van der Waals surface area contributed by atoms with Gasteiger partial charge in [-0.1, -0.05) is 52.7 Å². The van der Waals surface area contributed by atoms with Crippen LogP contribution in [0.2, 0.25) is 0 Å². The zero-order valence-electron chi connectivity index (χ0n) is 13.2. The summed E-state index contributed by atoms with van der Waals surface area (Å²) in [5.74, 6) is -1.15. The van der Waals surface area contributed by atoms with Crippen molar-refractivity contribution in [3.05, 3.63) is 69.9 Å². The Morgan fingerprint density at radius 3 is 2.71 bits per heavy atom. The van der Waals surface area contributed by atoms with Crippen LogP contribution in [0.1, 0.15) is 36.4 Å². The molecular weight excluding hydrogens is 373 g/mol. The molecule has 2 aromatic carbocycles. The highest BCUT2D eigenvalue weighted by molar-refractivity contribution is 9.10. The molecule has 0 aromatic heterocycles. The predicted molar refractivity (Wildman–Crippen MR) is 94.4 cm³/mol. The number of piperidine rings is 1. The average molecular weight is 392 g/mol. The summed E-state index contributed by atoms with van der Waals surface area (Å²) in [7, 11) is 0. The molecule has 0 saturated carbocycles. The van der Waals surface area contributed by atoms with Crippen LogP contribution < -0.4 is 0 Å². The van der Waals surface area contributed by atoms with Crippen molar-refractivity contribution in [1.29, 1.82) is 0 Å². The molecule has 1 saturated heterocycles. The third-order valence-electron chi connectivity index (χ3n) is 4.53. The Morgan fingerprint density at radius 1 is 1.21 bits per heavy atom. The molecule has 1 N–H and O–H groups in total. The van der Waals surface area contributed by atoms with Crippen molar-refractivity contribution in [2.24, 2.45) is 0 Å². The van der Waals surface area contributed by atoms with Crippen LogP contribution >= 0.6 is 15.9 Å². The first kappa shape index (κ1) is 17.1. The van der Waals surface area contributed by atoms with Crippen LogP contribution in [0.4, 0.5) is 4.39 Å². The number of carbonyl (C=O) groups is 1. The fourth-order valence-corrected chi connectivity index (χ4v) is 3.87. The molecule has 1 fully saturated rings. The summed E-state index contributed by atoms with van der Waals surface area (Å²) >= 11 is 3.46. The topological polar surface area (TPSA) is 40.5 Å². The molecule has 0 amide bonds. The molecule has 0 aliphatic carbocycles. The first-order chi connectivity index (χ1) is 11.6. The molecule has 1 aliphatic rings. The number of rotatable bonds is 4. The number of carboxylic acid groups (broad SMARTS) is 1. The van der Waals surface area contributed by atoms with Gasteiger partial charge in [0.05, 0.1) is 6.04 Å². The Balaban J connectivity index is 2.11. The maximum Gasteiger partial charge on any atom is 0.320 e.